The van der Waals surface area contributed by atoms with Crippen molar-refractivity contribution in [2.24, 2.45) is 0 Å². The molecule has 6 heteroatoms. The van der Waals surface area contributed by atoms with Crippen LogP contribution in [-0.2, 0) is 9.59 Å². The first-order valence-corrected chi connectivity index (χ1v) is 3.07. The van der Waals surface area contributed by atoms with Gasteiger partial charge in [-0.25, -0.2) is 0 Å². The number of carbonyl (C=O) groups is 2. The zero-order valence-corrected chi connectivity index (χ0v) is 12.1. The van der Waals surface area contributed by atoms with Gasteiger partial charge in [-0.05, 0) is 0 Å². The van der Waals surface area contributed by atoms with E-state index in [1.807, 2.05) is 36.4 Å². The maximum absolute atomic E-state index is 8.93. The third-order valence-corrected chi connectivity index (χ3v) is 0.833. The summed E-state index contributed by atoms with van der Waals surface area (Å²) >= 11 is 0. The first-order valence-electron chi connectivity index (χ1n) is 3.07. The third kappa shape index (κ3) is 14.7. The molecule has 0 fully saturated rings. The van der Waals surface area contributed by atoms with E-state index < -0.39 is 11.9 Å². The zero-order valence-electron chi connectivity index (χ0n) is 8.10. The fourth-order valence-electron chi connectivity index (χ4n) is 0.385. The van der Waals surface area contributed by atoms with Crippen LogP contribution in [0.4, 0.5) is 0 Å². The molecule has 0 spiro atoms. The van der Waals surface area contributed by atoms with Gasteiger partial charge in [0.05, 0.1) is 11.9 Å². The summed E-state index contributed by atoms with van der Waals surface area (Å²) in [5.41, 5.74) is 0. The number of aliphatic carboxylic acids is 2. The molecule has 0 aliphatic heterocycles. The molecule has 0 aliphatic rings. The van der Waals surface area contributed by atoms with Gasteiger partial charge in [0.2, 0.25) is 0 Å². The average Bonchev–Trinajstić information content (AvgIpc) is 2.08. The summed E-state index contributed by atoms with van der Waals surface area (Å²) in [5.74, 6) is -4.37. The maximum Gasteiger partial charge on any atom is 1.00 e. The van der Waals surface area contributed by atoms with Gasteiger partial charge >= 0.3 is 59.1 Å². The Balaban J connectivity index is -0.000000151. The quantitative estimate of drug-likeness (QED) is 0.316. The van der Waals surface area contributed by atoms with Gasteiger partial charge in [0.15, 0.2) is 0 Å². The van der Waals surface area contributed by atoms with Crippen LogP contribution in [0.5, 0.6) is 0 Å². The van der Waals surface area contributed by atoms with Gasteiger partial charge < -0.3 is 19.8 Å². The molecule has 0 saturated carbocycles. The first-order chi connectivity index (χ1) is 5.64. The second-order valence-corrected chi connectivity index (χ2v) is 1.73. The van der Waals surface area contributed by atoms with Crippen LogP contribution >= 0.6 is 0 Å². The molecule has 0 amide bonds. The Hall–Kier alpha value is 0.160. The molecular weight excluding hydrogens is 206 g/mol. The summed E-state index contributed by atoms with van der Waals surface area (Å²) < 4.78 is 0. The number of carboxylic acid groups (broad SMARTS) is 2. The van der Waals surface area contributed by atoms with Crippen LogP contribution in [0, 0.1) is 0 Å². The minimum absolute atomic E-state index is 0. The van der Waals surface area contributed by atoms with Gasteiger partial charge in [0.25, 0.3) is 0 Å². The van der Waals surface area contributed by atoms with Crippen LogP contribution in [0.2, 0.25) is 0 Å². The van der Waals surface area contributed by atoms with Crippen LogP contribution in [0.3, 0.4) is 0 Å². The summed E-state index contributed by atoms with van der Waals surface area (Å²) in [6, 6.07) is 12.0. The standard InChI is InChI=1S/C6H6.C2H2O4.2Na/c1-2-4-6-5-3-1;3-1(4)2(5)6;;/h1-6H;(H,3,4)(H,5,6);;/q;;2*+1/p-2. The molecule has 0 aliphatic carbocycles. The number of hydrogen-bond acceptors (Lipinski definition) is 4. The molecular formula is C8H6Na2O4. The van der Waals surface area contributed by atoms with Gasteiger partial charge in [0, 0.05) is 0 Å². The van der Waals surface area contributed by atoms with Crippen molar-refractivity contribution >= 4 is 11.9 Å². The van der Waals surface area contributed by atoms with E-state index in [1.165, 1.54) is 0 Å². The molecule has 0 radical (unpaired) electrons. The molecule has 1 rings (SSSR count). The van der Waals surface area contributed by atoms with Crippen LogP contribution in [0.15, 0.2) is 36.4 Å². The van der Waals surface area contributed by atoms with Crippen molar-refractivity contribution in [3.8, 4) is 0 Å². The Morgan fingerprint density at radius 1 is 0.643 bits per heavy atom. The summed E-state index contributed by atoms with van der Waals surface area (Å²) in [7, 11) is 0. The molecule has 4 nitrogen and oxygen atoms in total. The first kappa shape index (κ1) is 19.7. The van der Waals surface area contributed by atoms with E-state index in [0.29, 0.717) is 0 Å². The number of hydrogen-bond donors (Lipinski definition) is 0. The Kier molecular flexibility index (Phi) is 18.5. The summed E-state index contributed by atoms with van der Waals surface area (Å²) in [5, 5.41) is 17.9. The van der Waals surface area contributed by atoms with E-state index in [2.05, 4.69) is 0 Å². The van der Waals surface area contributed by atoms with E-state index in [9.17, 15) is 0 Å². The Morgan fingerprint density at radius 2 is 0.786 bits per heavy atom. The van der Waals surface area contributed by atoms with E-state index in [1.54, 1.807) is 0 Å². The van der Waals surface area contributed by atoms with Gasteiger partial charge in [-0.3, -0.25) is 0 Å². The van der Waals surface area contributed by atoms with Crippen molar-refractivity contribution in [2.45, 2.75) is 0 Å². The minimum atomic E-state index is -2.19. The van der Waals surface area contributed by atoms with E-state index >= 15 is 0 Å². The molecule has 1 aromatic carbocycles. The fourth-order valence-corrected chi connectivity index (χ4v) is 0.385. The number of rotatable bonds is 0. The van der Waals surface area contributed by atoms with E-state index in [-0.39, 0.29) is 59.1 Å². The molecule has 14 heavy (non-hydrogen) atoms. The van der Waals surface area contributed by atoms with Gasteiger partial charge in [-0.1, -0.05) is 36.4 Å². The Bertz CT molecular complexity index is 212. The zero-order chi connectivity index (χ0) is 9.40. The fraction of sp³-hybridized carbons (Fsp3) is 0. The average molecular weight is 212 g/mol. The smallest absolute Gasteiger partial charge is 0.543 e. The van der Waals surface area contributed by atoms with Gasteiger partial charge in [-0.15, -0.1) is 0 Å². The third-order valence-electron chi connectivity index (χ3n) is 0.833. The number of carboxylic acids is 2. The van der Waals surface area contributed by atoms with Crippen molar-refractivity contribution in [2.75, 3.05) is 0 Å². The molecule has 0 N–H and O–H groups in total. The van der Waals surface area contributed by atoms with Gasteiger partial charge in [-0.2, -0.15) is 0 Å². The van der Waals surface area contributed by atoms with Crippen molar-refractivity contribution in [3.63, 3.8) is 0 Å². The molecule has 0 saturated heterocycles. The van der Waals surface area contributed by atoms with Crippen LogP contribution in [0.25, 0.3) is 0 Å². The predicted octanol–water partition coefficient (Wildman–Crippen LogP) is -7.82. The molecule has 0 heterocycles. The van der Waals surface area contributed by atoms with Gasteiger partial charge in [0.1, 0.15) is 0 Å². The SMILES string of the molecule is O=C([O-])C(=O)[O-].[Na+].[Na+].c1ccccc1. The topological polar surface area (TPSA) is 80.3 Å². The summed E-state index contributed by atoms with van der Waals surface area (Å²) in [6.45, 7) is 0. The monoisotopic (exact) mass is 212 g/mol. The Morgan fingerprint density at radius 3 is 0.857 bits per heavy atom. The van der Waals surface area contributed by atoms with Crippen molar-refractivity contribution in [1.82, 2.24) is 0 Å². The van der Waals surface area contributed by atoms with Crippen LogP contribution in [-0.4, -0.2) is 11.9 Å². The summed E-state index contributed by atoms with van der Waals surface area (Å²) in [4.78, 5) is 17.9. The molecule has 1 aromatic rings. The second-order valence-electron chi connectivity index (χ2n) is 1.73. The van der Waals surface area contributed by atoms with Crippen molar-refractivity contribution in [3.05, 3.63) is 36.4 Å². The number of benzene rings is 1. The maximum atomic E-state index is 8.93. The molecule has 0 aromatic heterocycles. The molecule has 64 valence electrons. The largest absolute Gasteiger partial charge is 1.00 e. The number of carbonyl (C=O) groups excluding carboxylic acids is 2. The Labute approximate surface area is 126 Å². The van der Waals surface area contributed by atoms with E-state index in [4.69, 9.17) is 19.8 Å². The van der Waals surface area contributed by atoms with Crippen molar-refractivity contribution < 1.29 is 78.9 Å². The van der Waals surface area contributed by atoms with Crippen LogP contribution in [0.1, 0.15) is 0 Å². The second kappa shape index (κ2) is 13.2. The predicted molar refractivity (Wildman–Crippen MR) is 36.5 cm³/mol. The van der Waals surface area contributed by atoms with E-state index in [0.717, 1.165) is 0 Å². The molecule has 0 bridgehead atoms. The normalized spacial score (nSPS) is 6.57. The molecule has 0 atom stereocenters. The molecule has 0 unspecified atom stereocenters. The van der Waals surface area contributed by atoms with Crippen molar-refractivity contribution in [1.29, 1.82) is 0 Å². The van der Waals surface area contributed by atoms with Crippen LogP contribution < -0.4 is 69.3 Å². The summed E-state index contributed by atoms with van der Waals surface area (Å²) in [6.07, 6.45) is 0. The minimum Gasteiger partial charge on any atom is -0.543 e.